The number of carbonyl (C=O) groups is 1. The normalized spacial score (nSPS) is 27.2. The second-order valence-electron chi connectivity index (χ2n) is 5.10. The van der Waals surface area contributed by atoms with Crippen LogP contribution in [-0.2, 0) is 4.74 Å². The highest BCUT2D eigenvalue weighted by Crippen LogP contribution is 2.24. The number of halogens is 1. The van der Waals surface area contributed by atoms with Crippen LogP contribution in [0.2, 0.25) is 0 Å². The quantitative estimate of drug-likeness (QED) is 0.594. The highest BCUT2D eigenvalue weighted by atomic mass is 127. The van der Waals surface area contributed by atoms with Crippen molar-refractivity contribution in [1.82, 2.24) is 5.32 Å². The fraction of sp³-hybridized carbons (Fsp3) is 0.909. The lowest BCUT2D eigenvalue weighted by molar-refractivity contribution is 0.0494. The van der Waals surface area contributed by atoms with Crippen molar-refractivity contribution in [2.45, 2.75) is 62.0 Å². The van der Waals surface area contributed by atoms with Gasteiger partial charge >= 0.3 is 6.09 Å². The lowest BCUT2D eigenvalue weighted by Gasteiger charge is -2.27. The van der Waals surface area contributed by atoms with Gasteiger partial charge in [0.25, 0.3) is 0 Å². The summed E-state index contributed by atoms with van der Waals surface area (Å²) in [6.45, 7) is 5.65. The summed E-state index contributed by atoms with van der Waals surface area (Å²) in [5.74, 6) is 0. The Labute approximate surface area is 105 Å². The van der Waals surface area contributed by atoms with E-state index in [0.717, 1.165) is 16.8 Å². The largest absolute Gasteiger partial charge is 0.444 e. The molecule has 0 radical (unpaired) electrons. The molecular weight excluding hydrogens is 305 g/mol. The van der Waals surface area contributed by atoms with Gasteiger partial charge in [-0.15, -0.1) is 0 Å². The first-order valence-electron chi connectivity index (χ1n) is 5.50. The molecule has 0 heterocycles. The number of alkyl halides is 1. The smallest absolute Gasteiger partial charge is 0.407 e. The van der Waals surface area contributed by atoms with Crippen LogP contribution in [0.5, 0.6) is 0 Å². The average Bonchev–Trinajstić information content (AvgIpc) is 2.05. The summed E-state index contributed by atoms with van der Waals surface area (Å²) < 4.78 is 5.99. The minimum atomic E-state index is -0.398. The minimum absolute atomic E-state index is 0.278. The van der Waals surface area contributed by atoms with Gasteiger partial charge in [-0.25, -0.2) is 4.79 Å². The Kier molecular flexibility index (Phi) is 4.67. The number of amides is 1. The number of alkyl carbamates (subject to hydrolysis) is 1. The van der Waals surface area contributed by atoms with Crippen molar-refractivity contribution in [3.8, 4) is 0 Å². The van der Waals surface area contributed by atoms with Gasteiger partial charge in [-0.1, -0.05) is 22.6 Å². The summed E-state index contributed by atoms with van der Waals surface area (Å²) in [4.78, 5) is 11.5. The predicted molar refractivity (Wildman–Crippen MR) is 69.4 cm³/mol. The zero-order chi connectivity index (χ0) is 11.5. The molecule has 15 heavy (non-hydrogen) atoms. The van der Waals surface area contributed by atoms with Crippen LogP contribution in [0.15, 0.2) is 0 Å². The standard InChI is InChI=1S/C11H20INO2/c1-11(2,3)15-10(14)13-9-6-4-8(12)5-7-9/h8-9H,4-7H2,1-3H3,(H,13,14). The first-order chi connectivity index (χ1) is 6.87. The third kappa shape index (κ3) is 5.58. The van der Waals surface area contributed by atoms with Crippen molar-refractivity contribution in [2.24, 2.45) is 0 Å². The Morgan fingerprint density at radius 3 is 2.27 bits per heavy atom. The molecule has 0 aromatic heterocycles. The van der Waals surface area contributed by atoms with E-state index in [9.17, 15) is 4.79 Å². The van der Waals surface area contributed by atoms with Crippen LogP contribution in [-0.4, -0.2) is 21.7 Å². The molecule has 1 aliphatic carbocycles. The van der Waals surface area contributed by atoms with Crippen LogP contribution in [0, 0.1) is 0 Å². The highest BCUT2D eigenvalue weighted by Gasteiger charge is 2.23. The van der Waals surface area contributed by atoms with E-state index >= 15 is 0 Å². The molecular formula is C11H20INO2. The topological polar surface area (TPSA) is 38.3 Å². The number of hydrogen-bond donors (Lipinski definition) is 1. The number of ether oxygens (including phenoxy) is 1. The number of carbonyl (C=O) groups excluding carboxylic acids is 1. The molecule has 0 unspecified atom stereocenters. The summed E-state index contributed by atoms with van der Waals surface area (Å²) in [6, 6.07) is 0.311. The summed E-state index contributed by atoms with van der Waals surface area (Å²) in [7, 11) is 0. The van der Waals surface area contributed by atoms with Crippen LogP contribution < -0.4 is 5.32 Å². The van der Waals surface area contributed by atoms with E-state index in [-0.39, 0.29) is 6.09 Å². The second kappa shape index (κ2) is 5.37. The minimum Gasteiger partial charge on any atom is -0.444 e. The molecule has 0 spiro atoms. The fourth-order valence-electron chi connectivity index (χ4n) is 1.67. The van der Waals surface area contributed by atoms with Gasteiger partial charge in [0, 0.05) is 9.97 Å². The van der Waals surface area contributed by atoms with Crippen molar-refractivity contribution in [1.29, 1.82) is 0 Å². The molecule has 1 fully saturated rings. The monoisotopic (exact) mass is 325 g/mol. The first kappa shape index (κ1) is 13.1. The maximum Gasteiger partial charge on any atom is 0.407 e. The van der Waals surface area contributed by atoms with Crippen LogP contribution >= 0.6 is 22.6 Å². The first-order valence-corrected chi connectivity index (χ1v) is 6.75. The zero-order valence-electron chi connectivity index (χ0n) is 9.68. The van der Waals surface area contributed by atoms with Gasteiger partial charge < -0.3 is 10.1 Å². The molecule has 1 rings (SSSR count). The van der Waals surface area contributed by atoms with Crippen molar-refractivity contribution >= 4 is 28.7 Å². The van der Waals surface area contributed by atoms with Gasteiger partial charge in [-0.3, -0.25) is 0 Å². The van der Waals surface area contributed by atoms with Crippen molar-refractivity contribution in [2.75, 3.05) is 0 Å². The lowest BCUT2D eigenvalue weighted by Crippen LogP contribution is -2.41. The van der Waals surface area contributed by atoms with Gasteiger partial charge in [-0.05, 0) is 46.5 Å². The van der Waals surface area contributed by atoms with E-state index < -0.39 is 5.60 Å². The lowest BCUT2D eigenvalue weighted by atomic mass is 9.96. The van der Waals surface area contributed by atoms with Crippen LogP contribution in [0.25, 0.3) is 0 Å². The number of rotatable bonds is 1. The molecule has 1 saturated carbocycles. The summed E-state index contributed by atoms with van der Waals surface area (Å²) in [6.07, 6.45) is 4.27. The summed E-state index contributed by atoms with van der Waals surface area (Å²) >= 11 is 2.48. The average molecular weight is 325 g/mol. The molecule has 88 valence electrons. The second-order valence-corrected chi connectivity index (χ2v) is 6.86. The molecule has 0 aromatic rings. The van der Waals surface area contributed by atoms with Crippen molar-refractivity contribution in [3.63, 3.8) is 0 Å². The Bertz CT molecular complexity index is 217. The molecule has 0 atom stereocenters. The molecule has 0 aromatic carbocycles. The third-order valence-electron chi connectivity index (χ3n) is 2.38. The Balaban J connectivity index is 2.27. The molecule has 1 aliphatic rings. The molecule has 0 saturated heterocycles. The van der Waals surface area contributed by atoms with Crippen molar-refractivity contribution in [3.05, 3.63) is 0 Å². The third-order valence-corrected chi connectivity index (χ3v) is 3.62. The van der Waals surface area contributed by atoms with Gasteiger partial charge in [-0.2, -0.15) is 0 Å². The van der Waals surface area contributed by atoms with Gasteiger partial charge in [0.2, 0.25) is 0 Å². The van der Waals surface area contributed by atoms with Crippen LogP contribution in [0.1, 0.15) is 46.5 Å². The van der Waals surface area contributed by atoms with Crippen molar-refractivity contribution < 1.29 is 9.53 Å². The number of nitrogens with one attached hydrogen (secondary N) is 1. The SMILES string of the molecule is CC(C)(C)OC(=O)NC1CCC(I)CC1. The Morgan fingerprint density at radius 1 is 1.27 bits per heavy atom. The fourth-order valence-corrected chi connectivity index (χ4v) is 2.39. The van der Waals surface area contributed by atoms with Gasteiger partial charge in [0.15, 0.2) is 0 Å². The maximum atomic E-state index is 11.5. The zero-order valence-corrected chi connectivity index (χ0v) is 11.8. The van der Waals surface area contributed by atoms with E-state index in [0.29, 0.717) is 6.04 Å². The van der Waals surface area contributed by atoms with Gasteiger partial charge in [0.1, 0.15) is 5.60 Å². The van der Waals surface area contributed by atoms with E-state index in [1.54, 1.807) is 0 Å². The highest BCUT2D eigenvalue weighted by molar-refractivity contribution is 14.1. The number of hydrogen-bond acceptors (Lipinski definition) is 2. The molecule has 1 amide bonds. The van der Waals surface area contributed by atoms with E-state index in [2.05, 4.69) is 27.9 Å². The summed E-state index contributed by atoms with van der Waals surface area (Å²) in [5, 5.41) is 2.93. The van der Waals surface area contributed by atoms with Crippen LogP contribution in [0.4, 0.5) is 4.79 Å². The molecule has 0 bridgehead atoms. The molecule has 1 N–H and O–H groups in total. The maximum absolute atomic E-state index is 11.5. The van der Waals surface area contributed by atoms with Crippen LogP contribution in [0.3, 0.4) is 0 Å². The Morgan fingerprint density at radius 2 is 1.80 bits per heavy atom. The van der Waals surface area contributed by atoms with E-state index in [4.69, 9.17) is 4.74 Å². The van der Waals surface area contributed by atoms with E-state index in [1.165, 1.54) is 12.8 Å². The predicted octanol–water partition coefficient (Wildman–Crippen LogP) is 3.26. The van der Waals surface area contributed by atoms with Gasteiger partial charge in [0.05, 0.1) is 0 Å². The molecule has 4 heteroatoms. The summed E-state index contributed by atoms with van der Waals surface area (Å²) in [5.41, 5.74) is -0.398. The molecule has 3 nitrogen and oxygen atoms in total. The Hall–Kier alpha value is 0. The van der Waals surface area contributed by atoms with E-state index in [1.807, 2.05) is 20.8 Å². The molecule has 0 aliphatic heterocycles.